The summed E-state index contributed by atoms with van der Waals surface area (Å²) in [5, 5.41) is 11.5. The van der Waals surface area contributed by atoms with Crippen LogP contribution in [0.3, 0.4) is 0 Å². The number of carboxylic acids is 1. The maximum atomic E-state index is 11.8. The minimum atomic E-state index is -1.12. The summed E-state index contributed by atoms with van der Waals surface area (Å²) < 4.78 is 0. The lowest BCUT2D eigenvalue weighted by molar-refractivity contribution is -0.115. The maximum absolute atomic E-state index is 11.8. The van der Waals surface area contributed by atoms with E-state index in [0.29, 0.717) is 5.69 Å². The number of rotatable bonds is 4. The number of aromatic carboxylic acids is 1. The molecule has 0 fully saturated rings. The lowest BCUT2D eigenvalue weighted by Crippen LogP contribution is -2.17. The smallest absolute Gasteiger partial charge is 0.337 e. The summed E-state index contributed by atoms with van der Waals surface area (Å²) in [5.41, 5.74) is 0.793. The molecular formula is C13H11N3O3. The molecular weight excluding hydrogens is 246 g/mol. The Bertz CT molecular complexity index is 599. The summed E-state index contributed by atoms with van der Waals surface area (Å²) in [5.74, 6) is -1.45. The number of aromatic nitrogens is 2. The van der Waals surface area contributed by atoms with E-state index < -0.39 is 5.97 Å². The summed E-state index contributed by atoms with van der Waals surface area (Å²) in [7, 11) is 0. The molecule has 0 atom stereocenters. The molecule has 0 saturated heterocycles. The third kappa shape index (κ3) is 3.35. The highest BCUT2D eigenvalue weighted by Crippen LogP contribution is 2.13. The maximum Gasteiger partial charge on any atom is 0.337 e. The second-order valence-electron chi connectivity index (χ2n) is 3.77. The van der Waals surface area contributed by atoms with Crippen LogP contribution in [0.25, 0.3) is 0 Å². The highest BCUT2D eigenvalue weighted by molar-refractivity contribution is 6.00. The Balaban J connectivity index is 2.09. The van der Waals surface area contributed by atoms with Gasteiger partial charge in [0.15, 0.2) is 0 Å². The van der Waals surface area contributed by atoms with Crippen LogP contribution in [0.1, 0.15) is 16.1 Å². The number of nitrogens with zero attached hydrogens (tertiary/aromatic N) is 2. The number of amides is 1. The first kappa shape index (κ1) is 12.7. The van der Waals surface area contributed by atoms with Gasteiger partial charge in [-0.2, -0.15) is 0 Å². The number of carbonyl (C=O) groups excluding carboxylic acids is 1. The van der Waals surface area contributed by atoms with E-state index in [2.05, 4.69) is 15.3 Å². The van der Waals surface area contributed by atoms with Gasteiger partial charge in [0.05, 0.1) is 23.9 Å². The average Bonchev–Trinajstić information content (AvgIpc) is 2.40. The molecule has 2 heterocycles. The number of nitrogens with one attached hydrogen (secondary N) is 1. The van der Waals surface area contributed by atoms with Crippen LogP contribution in [0.15, 0.2) is 42.9 Å². The fourth-order valence-electron chi connectivity index (χ4n) is 1.54. The van der Waals surface area contributed by atoms with Gasteiger partial charge in [0.2, 0.25) is 5.91 Å². The Labute approximate surface area is 109 Å². The van der Waals surface area contributed by atoms with Crippen LogP contribution in [0.5, 0.6) is 0 Å². The monoisotopic (exact) mass is 257 g/mol. The standard InChI is InChI=1S/C13H11N3O3/c17-12(7-9-3-1-2-5-15-9)16-11-8-14-6-4-10(11)13(18)19/h1-6,8H,7H2,(H,16,17)(H,18,19). The van der Waals surface area contributed by atoms with Crippen LogP contribution in [-0.2, 0) is 11.2 Å². The fraction of sp³-hybridized carbons (Fsp3) is 0.0769. The first-order valence-corrected chi connectivity index (χ1v) is 5.54. The fourth-order valence-corrected chi connectivity index (χ4v) is 1.54. The van der Waals surface area contributed by atoms with Crippen LogP contribution in [-0.4, -0.2) is 27.0 Å². The van der Waals surface area contributed by atoms with Crippen molar-refractivity contribution in [3.05, 3.63) is 54.1 Å². The number of anilines is 1. The van der Waals surface area contributed by atoms with Crippen LogP contribution in [0.2, 0.25) is 0 Å². The van der Waals surface area contributed by atoms with Crippen molar-refractivity contribution < 1.29 is 14.7 Å². The predicted octanol–water partition coefficient (Wildman–Crippen LogP) is 1.36. The summed E-state index contributed by atoms with van der Waals surface area (Å²) >= 11 is 0. The third-order valence-electron chi connectivity index (χ3n) is 2.39. The lowest BCUT2D eigenvalue weighted by Gasteiger charge is -2.07. The molecule has 0 radical (unpaired) electrons. The molecule has 2 rings (SSSR count). The van der Waals surface area contributed by atoms with Gasteiger partial charge < -0.3 is 10.4 Å². The molecule has 0 aliphatic carbocycles. The minimum Gasteiger partial charge on any atom is -0.478 e. The molecule has 19 heavy (non-hydrogen) atoms. The van der Waals surface area contributed by atoms with Crippen molar-refractivity contribution in [2.75, 3.05) is 5.32 Å². The van der Waals surface area contributed by atoms with Crippen molar-refractivity contribution in [1.82, 2.24) is 9.97 Å². The first-order valence-electron chi connectivity index (χ1n) is 5.54. The molecule has 2 aromatic rings. The quantitative estimate of drug-likeness (QED) is 0.862. The van der Waals surface area contributed by atoms with Crippen molar-refractivity contribution in [2.24, 2.45) is 0 Å². The van der Waals surface area contributed by atoms with Crippen molar-refractivity contribution >= 4 is 17.6 Å². The zero-order chi connectivity index (χ0) is 13.7. The molecule has 2 aromatic heterocycles. The normalized spacial score (nSPS) is 9.89. The third-order valence-corrected chi connectivity index (χ3v) is 2.39. The van der Waals surface area contributed by atoms with E-state index in [-0.39, 0.29) is 23.6 Å². The van der Waals surface area contributed by atoms with Gasteiger partial charge in [0.25, 0.3) is 0 Å². The molecule has 6 heteroatoms. The van der Waals surface area contributed by atoms with Crippen molar-refractivity contribution in [1.29, 1.82) is 0 Å². The number of pyridine rings is 2. The second-order valence-corrected chi connectivity index (χ2v) is 3.77. The van der Waals surface area contributed by atoms with E-state index in [1.807, 2.05) is 0 Å². The van der Waals surface area contributed by atoms with Gasteiger partial charge in [-0.15, -0.1) is 0 Å². The van der Waals surface area contributed by atoms with Crippen molar-refractivity contribution in [3.8, 4) is 0 Å². The second kappa shape index (κ2) is 5.72. The van der Waals surface area contributed by atoms with E-state index in [4.69, 9.17) is 5.11 Å². The molecule has 0 aliphatic heterocycles. The van der Waals surface area contributed by atoms with Gasteiger partial charge in [0.1, 0.15) is 0 Å². The number of hydrogen-bond donors (Lipinski definition) is 2. The van der Waals surface area contributed by atoms with Crippen LogP contribution >= 0.6 is 0 Å². The largest absolute Gasteiger partial charge is 0.478 e. The Morgan fingerprint density at radius 1 is 1.21 bits per heavy atom. The minimum absolute atomic E-state index is 0.00405. The average molecular weight is 257 g/mol. The molecule has 0 aliphatic rings. The van der Waals surface area contributed by atoms with Crippen LogP contribution < -0.4 is 5.32 Å². The van der Waals surface area contributed by atoms with Gasteiger partial charge >= 0.3 is 5.97 Å². The van der Waals surface area contributed by atoms with Crippen LogP contribution in [0, 0.1) is 0 Å². The molecule has 0 unspecified atom stereocenters. The zero-order valence-corrected chi connectivity index (χ0v) is 9.91. The number of hydrogen-bond acceptors (Lipinski definition) is 4. The molecule has 0 bridgehead atoms. The van der Waals surface area contributed by atoms with Crippen LogP contribution in [0.4, 0.5) is 5.69 Å². The molecule has 2 N–H and O–H groups in total. The Morgan fingerprint density at radius 2 is 2.05 bits per heavy atom. The predicted molar refractivity (Wildman–Crippen MR) is 67.8 cm³/mol. The summed E-state index contributed by atoms with van der Waals surface area (Å²) in [6.45, 7) is 0. The van der Waals surface area contributed by atoms with E-state index in [9.17, 15) is 9.59 Å². The van der Waals surface area contributed by atoms with Crippen molar-refractivity contribution in [3.63, 3.8) is 0 Å². The lowest BCUT2D eigenvalue weighted by atomic mass is 10.2. The van der Waals surface area contributed by atoms with E-state index in [1.54, 1.807) is 24.4 Å². The van der Waals surface area contributed by atoms with Gasteiger partial charge in [-0.25, -0.2) is 4.79 Å². The van der Waals surface area contributed by atoms with Gasteiger partial charge in [-0.1, -0.05) is 6.07 Å². The summed E-state index contributed by atoms with van der Waals surface area (Å²) in [4.78, 5) is 30.6. The Hall–Kier alpha value is -2.76. The molecule has 0 saturated carbocycles. The highest BCUT2D eigenvalue weighted by atomic mass is 16.4. The van der Waals surface area contributed by atoms with Gasteiger partial charge in [-0.3, -0.25) is 14.8 Å². The highest BCUT2D eigenvalue weighted by Gasteiger charge is 2.12. The van der Waals surface area contributed by atoms with E-state index in [1.165, 1.54) is 18.5 Å². The molecule has 1 amide bonds. The summed E-state index contributed by atoms with van der Waals surface area (Å²) in [6, 6.07) is 6.59. The van der Waals surface area contributed by atoms with E-state index >= 15 is 0 Å². The molecule has 6 nitrogen and oxygen atoms in total. The van der Waals surface area contributed by atoms with Gasteiger partial charge in [-0.05, 0) is 18.2 Å². The number of carboxylic acid groups (broad SMARTS) is 1. The molecule has 96 valence electrons. The molecule has 0 spiro atoms. The SMILES string of the molecule is O=C(Cc1ccccn1)Nc1cnccc1C(=O)O. The van der Waals surface area contributed by atoms with Gasteiger partial charge in [0, 0.05) is 18.1 Å². The Kier molecular flexibility index (Phi) is 3.82. The zero-order valence-electron chi connectivity index (χ0n) is 9.91. The number of carbonyl (C=O) groups is 2. The summed E-state index contributed by atoms with van der Waals surface area (Å²) in [6.07, 6.45) is 4.34. The van der Waals surface area contributed by atoms with E-state index in [0.717, 1.165) is 0 Å². The van der Waals surface area contributed by atoms with Crippen molar-refractivity contribution in [2.45, 2.75) is 6.42 Å². The first-order chi connectivity index (χ1) is 9.16. The Morgan fingerprint density at radius 3 is 2.74 bits per heavy atom. The topological polar surface area (TPSA) is 92.2 Å². The molecule has 0 aromatic carbocycles.